The molecule has 0 atom stereocenters. The minimum Gasteiger partial charge on any atom is -0.355 e. The van der Waals surface area contributed by atoms with Crippen molar-refractivity contribution >= 4 is 34.0 Å². The molecule has 0 spiro atoms. The zero-order valence-electron chi connectivity index (χ0n) is 19.8. The monoisotopic (exact) mass is 481 g/mol. The number of rotatable bonds is 7. The van der Waals surface area contributed by atoms with Crippen molar-refractivity contribution < 1.29 is 13.2 Å². The summed E-state index contributed by atoms with van der Waals surface area (Å²) in [5, 5.41) is 2.71. The fraction of sp³-hybridized carbons (Fsp3) is 0.458. The fourth-order valence-corrected chi connectivity index (χ4v) is 4.11. The lowest BCUT2D eigenvalue weighted by Gasteiger charge is -2.26. The number of sulfonamides is 1. The Labute approximate surface area is 198 Å². The lowest BCUT2D eigenvalue weighted by molar-refractivity contribution is -0.120. The fourth-order valence-electron chi connectivity index (χ4n) is 2.98. The molecule has 2 aromatic carbocycles. The van der Waals surface area contributed by atoms with E-state index in [0.717, 1.165) is 16.7 Å². The molecule has 2 rings (SSSR count). The highest BCUT2D eigenvalue weighted by atomic mass is 35.5. The van der Waals surface area contributed by atoms with E-state index in [1.165, 1.54) is 0 Å². The van der Waals surface area contributed by atoms with Gasteiger partial charge >= 0.3 is 0 Å². The Hall–Kier alpha value is -2.09. The maximum atomic E-state index is 13.2. The van der Waals surface area contributed by atoms with Gasteiger partial charge in [0.25, 0.3) is 10.0 Å². The van der Waals surface area contributed by atoms with Crippen molar-refractivity contribution in [2.45, 2.75) is 63.7 Å². The number of nitrogens with one attached hydrogen (secondary N) is 2. The van der Waals surface area contributed by atoms with Gasteiger partial charge in [0.1, 0.15) is 0 Å². The van der Waals surface area contributed by atoms with Crippen molar-refractivity contribution in [1.29, 1.82) is 0 Å². The van der Waals surface area contributed by atoms with Crippen LogP contribution >= 0.6 is 12.4 Å². The third-order valence-electron chi connectivity index (χ3n) is 4.99. The standard InChI is InChI=1S/C24H35N3O3S.ClH/c1-23(2,3)18-14-19(24(4,5)6)16-21(15-18)31(29,30)27-20-9-7-17(8-10-20)13-22(28)26-12-11-25;/h7-10,14-16,27H,11-13,25H2,1-6H3,(H,26,28);1H. The molecule has 32 heavy (non-hydrogen) atoms. The third-order valence-corrected chi connectivity index (χ3v) is 6.35. The first-order chi connectivity index (χ1) is 14.2. The van der Waals surface area contributed by atoms with Crippen LogP contribution in [0.4, 0.5) is 5.69 Å². The average Bonchev–Trinajstić information content (AvgIpc) is 2.66. The summed E-state index contributed by atoms with van der Waals surface area (Å²) in [6.07, 6.45) is 0.218. The molecule has 0 aliphatic rings. The number of nitrogens with two attached hydrogens (primary N) is 1. The first-order valence-electron chi connectivity index (χ1n) is 10.5. The molecular formula is C24H36ClN3O3S. The number of hydrogen-bond donors (Lipinski definition) is 3. The number of anilines is 1. The van der Waals surface area contributed by atoms with E-state index in [-0.39, 0.29) is 40.5 Å². The molecule has 0 saturated carbocycles. The summed E-state index contributed by atoms with van der Waals surface area (Å²) in [4.78, 5) is 12.1. The number of halogens is 1. The smallest absolute Gasteiger partial charge is 0.261 e. The van der Waals surface area contributed by atoms with Crippen molar-refractivity contribution in [3.05, 3.63) is 59.2 Å². The molecular weight excluding hydrogens is 446 g/mol. The lowest BCUT2D eigenvalue weighted by atomic mass is 9.81. The topological polar surface area (TPSA) is 101 Å². The second kappa shape index (κ2) is 10.7. The quantitative estimate of drug-likeness (QED) is 0.553. The van der Waals surface area contributed by atoms with Crippen LogP contribution in [0.1, 0.15) is 58.2 Å². The number of amides is 1. The van der Waals surface area contributed by atoms with Gasteiger partial charge in [-0.25, -0.2) is 8.42 Å². The van der Waals surface area contributed by atoms with E-state index >= 15 is 0 Å². The normalized spacial score (nSPS) is 12.1. The van der Waals surface area contributed by atoms with E-state index in [1.807, 2.05) is 0 Å². The SMILES string of the molecule is CC(C)(C)c1cc(C(C)(C)C)cc(S(=O)(=O)Nc2ccc(CC(=O)NCCN)cc2)c1.Cl. The Morgan fingerprint density at radius 1 is 0.906 bits per heavy atom. The van der Waals surface area contributed by atoms with Crippen LogP contribution in [0.25, 0.3) is 0 Å². The predicted octanol–water partition coefficient (Wildman–Crippen LogP) is 4.12. The van der Waals surface area contributed by atoms with Crippen LogP contribution in [-0.4, -0.2) is 27.4 Å². The van der Waals surface area contributed by atoms with E-state index in [4.69, 9.17) is 5.73 Å². The van der Waals surface area contributed by atoms with Crippen LogP contribution < -0.4 is 15.8 Å². The van der Waals surface area contributed by atoms with Crippen molar-refractivity contribution in [2.75, 3.05) is 17.8 Å². The van der Waals surface area contributed by atoms with Crippen LogP contribution in [0.2, 0.25) is 0 Å². The highest BCUT2D eigenvalue weighted by molar-refractivity contribution is 7.92. The number of carbonyl (C=O) groups excluding carboxylic acids is 1. The number of benzene rings is 2. The molecule has 0 fully saturated rings. The third kappa shape index (κ3) is 7.80. The van der Waals surface area contributed by atoms with Gasteiger partial charge in [-0.2, -0.15) is 0 Å². The molecule has 0 aliphatic carbocycles. The molecule has 8 heteroatoms. The molecule has 2 aromatic rings. The molecule has 178 valence electrons. The van der Waals surface area contributed by atoms with Crippen molar-refractivity contribution in [3.63, 3.8) is 0 Å². The molecule has 0 heterocycles. The van der Waals surface area contributed by atoms with E-state index < -0.39 is 10.0 Å². The van der Waals surface area contributed by atoms with Gasteiger partial charge in [0.15, 0.2) is 0 Å². The zero-order chi connectivity index (χ0) is 23.4. The van der Waals surface area contributed by atoms with Crippen LogP contribution in [-0.2, 0) is 32.1 Å². The van der Waals surface area contributed by atoms with Gasteiger partial charge in [0, 0.05) is 18.8 Å². The van der Waals surface area contributed by atoms with Gasteiger partial charge in [0.05, 0.1) is 11.3 Å². The van der Waals surface area contributed by atoms with Crippen LogP contribution in [0.3, 0.4) is 0 Å². The molecule has 1 amide bonds. The molecule has 0 aromatic heterocycles. The zero-order valence-corrected chi connectivity index (χ0v) is 21.4. The second-order valence-electron chi connectivity index (χ2n) is 9.86. The highest BCUT2D eigenvalue weighted by Crippen LogP contribution is 2.32. The largest absolute Gasteiger partial charge is 0.355 e. The first kappa shape index (κ1) is 27.9. The van der Waals surface area contributed by atoms with Crippen LogP contribution in [0.15, 0.2) is 47.4 Å². The van der Waals surface area contributed by atoms with Gasteiger partial charge < -0.3 is 11.1 Å². The molecule has 0 radical (unpaired) electrons. The first-order valence-corrected chi connectivity index (χ1v) is 12.0. The van der Waals surface area contributed by atoms with E-state index in [9.17, 15) is 13.2 Å². The molecule has 6 nitrogen and oxygen atoms in total. The minimum absolute atomic E-state index is 0. The predicted molar refractivity (Wildman–Crippen MR) is 134 cm³/mol. The summed E-state index contributed by atoms with van der Waals surface area (Å²) in [5.41, 5.74) is 8.20. The summed E-state index contributed by atoms with van der Waals surface area (Å²) >= 11 is 0. The maximum Gasteiger partial charge on any atom is 0.261 e. The van der Waals surface area contributed by atoms with Crippen molar-refractivity contribution in [1.82, 2.24) is 5.32 Å². The van der Waals surface area contributed by atoms with E-state index in [0.29, 0.717) is 18.8 Å². The Balaban J connectivity index is 0.00000512. The summed E-state index contributed by atoms with van der Waals surface area (Å²) in [6, 6.07) is 12.4. The molecule has 0 saturated heterocycles. The van der Waals surface area contributed by atoms with Gasteiger partial charge in [-0.15, -0.1) is 12.4 Å². The van der Waals surface area contributed by atoms with Gasteiger partial charge in [-0.05, 0) is 51.8 Å². The second-order valence-corrected chi connectivity index (χ2v) is 11.5. The molecule has 4 N–H and O–H groups in total. The average molecular weight is 482 g/mol. The Kier molecular flexibility index (Phi) is 9.33. The van der Waals surface area contributed by atoms with Gasteiger partial charge in [0.2, 0.25) is 5.91 Å². The molecule has 0 unspecified atom stereocenters. The van der Waals surface area contributed by atoms with E-state index in [2.05, 4.69) is 57.6 Å². The Morgan fingerprint density at radius 3 is 1.84 bits per heavy atom. The van der Waals surface area contributed by atoms with Crippen LogP contribution in [0.5, 0.6) is 0 Å². The van der Waals surface area contributed by atoms with Gasteiger partial charge in [-0.3, -0.25) is 9.52 Å². The van der Waals surface area contributed by atoms with Crippen molar-refractivity contribution in [2.24, 2.45) is 5.73 Å². The lowest BCUT2D eigenvalue weighted by Crippen LogP contribution is -2.30. The van der Waals surface area contributed by atoms with Crippen LogP contribution in [0, 0.1) is 0 Å². The summed E-state index contributed by atoms with van der Waals surface area (Å²) in [6.45, 7) is 13.2. The Bertz CT molecular complexity index is 990. The maximum absolute atomic E-state index is 13.2. The summed E-state index contributed by atoms with van der Waals surface area (Å²) < 4.78 is 29.0. The van der Waals surface area contributed by atoms with Crippen molar-refractivity contribution in [3.8, 4) is 0 Å². The molecule has 0 aliphatic heterocycles. The highest BCUT2D eigenvalue weighted by Gasteiger charge is 2.24. The number of carbonyl (C=O) groups is 1. The summed E-state index contributed by atoms with van der Waals surface area (Å²) in [5.74, 6) is -0.118. The van der Waals surface area contributed by atoms with Gasteiger partial charge in [-0.1, -0.05) is 59.7 Å². The van der Waals surface area contributed by atoms with E-state index in [1.54, 1.807) is 36.4 Å². The molecule has 0 bridgehead atoms. The number of hydrogen-bond acceptors (Lipinski definition) is 4. The summed E-state index contributed by atoms with van der Waals surface area (Å²) in [7, 11) is -3.77. The minimum atomic E-state index is -3.77. The Morgan fingerprint density at radius 2 is 1.41 bits per heavy atom.